The standard InChI is InChI=1S/C29H31N3O5S/c1-19-28(38-20(2)30-19)26(33)24-25(32(29(35)27(24)34)12-11-31-13-15-36-16-14-31)22-9-6-10-23(17-22)37-18-21-7-4-3-5-8-21/h3-10,17,25,34H,11-16,18H2,1-2H3. The van der Waals surface area contributed by atoms with Gasteiger partial charge in [0.05, 0.1) is 40.4 Å². The lowest BCUT2D eigenvalue weighted by atomic mass is 9.95. The van der Waals surface area contributed by atoms with Crippen molar-refractivity contribution in [2.45, 2.75) is 26.5 Å². The van der Waals surface area contributed by atoms with Crippen LogP contribution in [-0.2, 0) is 16.1 Å². The molecule has 8 nitrogen and oxygen atoms in total. The largest absolute Gasteiger partial charge is 0.503 e. The van der Waals surface area contributed by atoms with E-state index in [-0.39, 0.29) is 11.4 Å². The fraction of sp³-hybridized carbons (Fsp3) is 0.345. The highest BCUT2D eigenvalue weighted by atomic mass is 32.1. The van der Waals surface area contributed by atoms with E-state index < -0.39 is 17.7 Å². The normalized spacial score (nSPS) is 18.3. The van der Waals surface area contributed by atoms with Gasteiger partial charge in [0.25, 0.3) is 5.91 Å². The molecule has 9 heteroatoms. The maximum atomic E-state index is 13.8. The molecule has 2 aliphatic heterocycles. The molecule has 198 valence electrons. The quantitative estimate of drug-likeness (QED) is 0.411. The van der Waals surface area contributed by atoms with Crippen molar-refractivity contribution in [2.24, 2.45) is 0 Å². The number of morpholine rings is 1. The molecule has 1 N–H and O–H groups in total. The minimum absolute atomic E-state index is 0.0870. The van der Waals surface area contributed by atoms with Crippen molar-refractivity contribution >= 4 is 23.0 Å². The third-order valence-corrected chi connectivity index (χ3v) is 7.91. The topological polar surface area (TPSA) is 92.2 Å². The van der Waals surface area contributed by atoms with Gasteiger partial charge in [0.15, 0.2) is 5.76 Å². The van der Waals surface area contributed by atoms with Gasteiger partial charge in [-0.3, -0.25) is 14.5 Å². The Hall–Kier alpha value is -3.53. The van der Waals surface area contributed by atoms with Gasteiger partial charge in [0.2, 0.25) is 5.78 Å². The second-order valence-electron chi connectivity index (χ2n) is 9.44. The summed E-state index contributed by atoms with van der Waals surface area (Å²) in [5, 5.41) is 11.8. The third-order valence-electron chi connectivity index (χ3n) is 6.84. The molecule has 1 amide bonds. The number of hydrogen-bond donors (Lipinski definition) is 1. The van der Waals surface area contributed by atoms with Crippen LogP contribution < -0.4 is 4.74 Å². The average molecular weight is 534 g/mol. The fourth-order valence-electron chi connectivity index (χ4n) is 4.92. The molecule has 3 heterocycles. The van der Waals surface area contributed by atoms with Crippen LogP contribution in [0.25, 0.3) is 0 Å². The molecule has 38 heavy (non-hydrogen) atoms. The second-order valence-corrected chi connectivity index (χ2v) is 10.6. The Labute approximate surface area is 226 Å². The summed E-state index contributed by atoms with van der Waals surface area (Å²) in [5.41, 5.74) is 2.42. The van der Waals surface area contributed by atoms with Crippen molar-refractivity contribution < 1.29 is 24.2 Å². The summed E-state index contributed by atoms with van der Waals surface area (Å²) in [7, 11) is 0. The Kier molecular flexibility index (Phi) is 7.87. The molecule has 1 saturated heterocycles. The number of ketones is 1. The molecule has 0 aliphatic carbocycles. The van der Waals surface area contributed by atoms with Crippen molar-refractivity contribution in [1.29, 1.82) is 0 Å². The smallest absolute Gasteiger partial charge is 0.290 e. The van der Waals surface area contributed by atoms with Crippen molar-refractivity contribution in [3.8, 4) is 5.75 Å². The summed E-state index contributed by atoms with van der Waals surface area (Å²) in [6.07, 6.45) is 0. The first-order valence-electron chi connectivity index (χ1n) is 12.7. The number of rotatable bonds is 9. The van der Waals surface area contributed by atoms with Crippen LogP contribution >= 0.6 is 11.3 Å². The Balaban J connectivity index is 1.46. The molecule has 0 radical (unpaired) electrons. The van der Waals surface area contributed by atoms with Gasteiger partial charge in [0.1, 0.15) is 12.4 Å². The number of aliphatic hydroxyl groups is 1. The molecule has 0 spiro atoms. The van der Waals surface area contributed by atoms with Gasteiger partial charge in [-0.15, -0.1) is 11.3 Å². The molecule has 0 saturated carbocycles. The van der Waals surface area contributed by atoms with Crippen LogP contribution in [0.5, 0.6) is 5.75 Å². The SMILES string of the molecule is Cc1nc(C)c(C(=O)C2=C(O)C(=O)N(CCN3CCOCC3)C2c2cccc(OCc3ccccc3)c2)s1. The minimum Gasteiger partial charge on any atom is -0.503 e. The first-order chi connectivity index (χ1) is 18.4. The number of aromatic nitrogens is 1. The van der Waals surface area contributed by atoms with Gasteiger partial charge < -0.3 is 19.5 Å². The molecule has 1 aromatic heterocycles. The Morgan fingerprint density at radius 2 is 1.87 bits per heavy atom. The molecular weight excluding hydrogens is 502 g/mol. The lowest BCUT2D eigenvalue weighted by Gasteiger charge is -2.31. The Morgan fingerprint density at radius 3 is 2.58 bits per heavy atom. The zero-order valence-electron chi connectivity index (χ0n) is 21.6. The number of Topliss-reactive ketones (excluding diaryl/α,β-unsaturated/α-hetero) is 1. The van der Waals surface area contributed by atoms with Crippen LogP contribution in [-0.4, -0.2) is 71.0 Å². The first-order valence-corrected chi connectivity index (χ1v) is 13.5. The number of hydrogen-bond acceptors (Lipinski definition) is 8. The van der Waals surface area contributed by atoms with Crippen LogP contribution in [0.2, 0.25) is 0 Å². The fourth-order valence-corrected chi connectivity index (χ4v) is 5.79. The lowest BCUT2D eigenvalue weighted by molar-refractivity contribution is -0.129. The Bertz CT molecular complexity index is 1350. The first kappa shape index (κ1) is 26.1. The van der Waals surface area contributed by atoms with E-state index in [2.05, 4.69) is 9.88 Å². The van der Waals surface area contributed by atoms with Crippen LogP contribution in [0.1, 0.15) is 37.5 Å². The van der Waals surface area contributed by atoms with E-state index in [0.717, 1.165) is 23.7 Å². The van der Waals surface area contributed by atoms with Crippen LogP contribution in [0.3, 0.4) is 0 Å². The number of benzene rings is 2. The highest BCUT2D eigenvalue weighted by Crippen LogP contribution is 2.41. The van der Waals surface area contributed by atoms with Gasteiger partial charge in [-0.1, -0.05) is 42.5 Å². The van der Waals surface area contributed by atoms with Crippen molar-refractivity contribution in [3.05, 3.63) is 92.6 Å². The molecule has 1 fully saturated rings. The number of ether oxygens (including phenoxy) is 2. The van der Waals surface area contributed by atoms with Gasteiger partial charge in [-0.2, -0.15) is 0 Å². The molecule has 2 aliphatic rings. The third kappa shape index (κ3) is 5.50. The lowest BCUT2D eigenvalue weighted by Crippen LogP contribution is -2.43. The van der Waals surface area contributed by atoms with E-state index in [1.165, 1.54) is 11.3 Å². The monoisotopic (exact) mass is 533 g/mol. The van der Waals surface area contributed by atoms with Gasteiger partial charge in [-0.25, -0.2) is 4.98 Å². The van der Waals surface area contributed by atoms with E-state index in [9.17, 15) is 14.7 Å². The van der Waals surface area contributed by atoms with E-state index in [1.54, 1.807) is 11.8 Å². The zero-order chi connectivity index (χ0) is 26.6. The predicted molar refractivity (Wildman–Crippen MR) is 145 cm³/mol. The summed E-state index contributed by atoms with van der Waals surface area (Å²) in [6.45, 7) is 7.83. The molecule has 3 aromatic rings. The molecule has 0 bridgehead atoms. The highest BCUT2D eigenvalue weighted by molar-refractivity contribution is 7.14. The average Bonchev–Trinajstić information content (AvgIpc) is 3.41. The molecule has 5 rings (SSSR count). The van der Waals surface area contributed by atoms with Crippen LogP contribution in [0, 0.1) is 13.8 Å². The van der Waals surface area contributed by atoms with Crippen LogP contribution in [0.15, 0.2) is 65.9 Å². The maximum absolute atomic E-state index is 13.8. The minimum atomic E-state index is -0.738. The summed E-state index contributed by atoms with van der Waals surface area (Å²) < 4.78 is 11.5. The van der Waals surface area contributed by atoms with Crippen molar-refractivity contribution in [1.82, 2.24) is 14.8 Å². The number of nitrogens with zero attached hydrogens (tertiary/aromatic N) is 3. The summed E-state index contributed by atoms with van der Waals surface area (Å²) >= 11 is 1.27. The Morgan fingerprint density at radius 1 is 1.11 bits per heavy atom. The number of thiazole rings is 1. The second kappa shape index (κ2) is 11.5. The number of carbonyl (C=O) groups is 2. The van der Waals surface area contributed by atoms with E-state index >= 15 is 0 Å². The predicted octanol–water partition coefficient (Wildman–Crippen LogP) is 4.25. The summed E-state index contributed by atoms with van der Waals surface area (Å²) in [4.78, 5) is 35.8. The van der Waals surface area contributed by atoms with Crippen molar-refractivity contribution in [2.75, 3.05) is 39.4 Å². The van der Waals surface area contributed by atoms with E-state index in [0.29, 0.717) is 54.8 Å². The molecule has 1 unspecified atom stereocenters. The highest BCUT2D eigenvalue weighted by Gasteiger charge is 2.44. The van der Waals surface area contributed by atoms with Crippen LogP contribution in [0.4, 0.5) is 0 Å². The van der Waals surface area contributed by atoms with E-state index in [4.69, 9.17) is 9.47 Å². The zero-order valence-corrected chi connectivity index (χ0v) is 22.4. The van der Waals surface area contributed by atoms with Gasteiger partial charge >= 0.3 is 0 Å². The summed E-state index contributed by atoms with van der Waals surface area (Å²) in [6, 6.07) is 16.5. The number of aryl methyl sites for hydroxylation is 2. The summed E-state index contributed by atoms with van der Waals surface area (Å²) in [5.74, 6) is -0.785. The number of amides is 1. The number of carbonyl (C=O) groups excluding carboxylic acids is 2. The van der Waals surface area contributed by atoms with Crippen molar-refractivity contribution in [3.63, 3.8) is 0 Å². The molecular formula is C29H31N3O5S. The van der Waals surface area contributed by atoms with E-state index in [1.807, 2.05) is 61.5 Å². The van der Waals surface area contributed by atoms with Gasteiger partial charge in [0, 0.05) is 26.2 Å². The molecule has 1 atom stereocenters. The maximum Gasteiger partial charge on any atom is 0.290 e. The number of aliphatic hydroxyl groups excluding tert-OH is 1. The molecule has 2 aromatic carbocycles. The van der Waals surface area contributed by atoms with Gasteiger partial charge in [-0.05, 0) is 37.1 Å².